The van der Waals surface area contributed by atoms with Crippen molar-refractivity contribution in [3.8, 4) is 0 Å². The van der Waals surface area contributed by atoms with E-state index in [0.717, 1.165) is 0 Å². The van der Waals surface area contributed by atoms with Crippen molar-refractivity contribution in [3.05, 3.63) is 71.8 Å². The quantitative estimate of drug-likeness (QED) is 0.769. The number of hydrogen-bond donors (Lipinski definition) is 3. The number of hydrogen-bond acceptors (Lipinski definition) is 3. The van der Waals surface area contributed by atoms with Crippen LogP contribution in [0.3, 0.4) is 0 Å². The van der Waals surface area contributed by atoms with E-state index >= 15 is 0 Å². The number of benzene rings is 2. The van der Waals surface area contributed by atoms with Crippen LogP contribution >= 0.6 is 0 Å². The first-order chi connectivity index (χ1) is 9.24. The van der Waals surface area contributed by atoms with Crippen molar-refractivity contribution in [1.29, 1.82) is 0 Å². The predicted molar refractivity (Wildman–Crippen MR) is 73.4 cm³/mol. The topological polar surface area (TPSA) is 60.7 Å². The van der Waals surface area contributed by atoms with Gasteiger partial charge in [0.25, 0.3) is 0 Å². The Morgan fingerprint density at radius 1 is 0.684 bits per heavy atom. The lowest BCUT2D eigenvalue weighted by Gasteiger charge is -2.26. The lowest BCUT2D eigenvalue weighted by molar-refractivity contribution is -0.0192. The summed E-state index contributed by atoms with van der Waals surface area (Å²) in [6.45, 7) is -0.286. The van der Waals surface area contributed by atoms with Crippen LogP contribution in [0, 0.1) is 5.92 Å². The molecule has 0 spiro atoms. The Labute approximate surface area is 112 Å². The van der Waals surface area contributed by atoms with E-state index in [2.05, 4.69) is 0 Å². The van der Waals surface area contributed by atoms with Gasteiger partial charge in [-0.15, -0.1) is 0 Å². The second-order valence-corrected chi connectivity index (χ2v) is 4.56. The van der Waals surface area contributed by atoms with Gasteiger partial charge in [0.05, 0.1) is 18.8 Å². The van der Waals surface area contributed by atoms with Crippen molar-refractivity contribution >= 4 is 0 Å². The highest BCUT2D eigenvalue weighted by Crippen LogP contribution is 2.32. The summed E-state index contributed by atoms with van der Waals surface area (Å²) in [4.78, 5) is 0. The summed E-state index contributed by atoms with van der Waals surface area (Å²) in [7, 11) is 0. The highest BCUT2D eigenvalue weighted by Gasteiger charge is 2.28. The lowest BCUT2D eigenvalue weighted by atomic mass is 9.88. The van der Waals surface area contributed by atoms with Gasteiger partial charge in [-0.05, 0) is 11.1 Å². The largest absolute Gasteiger partial charge is 0.396 e. The van der Waals surface area contributed by atoms with Crippen molar-refractivity contribution < 1.29 is 15.3 Å². The molecule has 2 rings (SSSR count). The monoisotopic (exact) mass is 258 g/mol. The molecule has 3 heteroatoms. The van der Waals surface area contributed by atoms with Crippen LogP contribution in [0.2, 0.25) is 0 Å². The molecule has 0 radical (unpaired) electrons. The van der Waals surface area contributed by atoms with Crippen LogP contribution in [0.1, 0.15) is 23.3 Å². The smallest absolute Gasteiger partial charge is 0.0868 e. The summed E-state index contributed by atoms with van der Waals surface area (Å²) in [6.07, 6.45) is -1.80. The van der Waals surface area contributed by atoms with Crippen molar-refractivity contribution in [2.45, 2.75) is 12.2 Å². The molecule has 2 aromatic rings. The summed E-state index contributed by atoms with van der Waals surface area (Å²) in [5.41, 5.74) is 1.38. The Morgan fingerprint density at radius 2 is 1.05 bits per heavy atom. The zero-order valence-corrected chi connectivity index (χ0v) is 10.6. The molecule has 0 aliphatic carbocycles. The molecule has 2 atom stereocenters. The molecule has 0 bridgehead atoms. The molecule has 0 aliphatic heterocycles. The Kier molecular flexibility index (Phi) is 4.68. The van der Waals surface area contributed by atoms with Gasteiger partial charge in [-0.1, -0.05) is 60.7 Å². The molecular weight excluding hydrogens is 240 g/mol. The van der Waals surface area contributed by atoms with Crippen LogP contribution < -0.4 is 0 Å². The highest BCUT2D eigenvalue weighted by atomic mass is 16.3. The summed E-state index contributed by atoms with van der Waals surface area (Å²) in [6, 6.07) is 18.1. The molecule has 0 heterocycles. The molecule has 3 N–H and O–H groups in total. The first-order valence-electron chi connectivity index (χ1n) is 6.31. The maximum Gasteiger partial charge on any atom is 0.0868 e. The number of aliphatic hydroxyl groups excluding tert-OH is 3. The molecule has 0 amide bonds. The van der Waals surface area contributed by atoms with E-state index in [9.17, 15) is 15.3 Å². The Morgan fingerprint density at radius 3 is 1.37 bits per heavy atom. The van der Waals surface area contributed by atoms with Gasteiger partial charge in [-0.25, -0.2) is 0 Å². The van der Waals surface area contributed by atoms with Gasteiger partial charge in [0, 0.05) is 5.92 Å². The van der Waals surface area contributed by atoms with Crippen molar-refractivity contribution in [2.75, 3.05) is 6.61 Å². The van der Waals surface area contributed by atoms with Crippen molar-refractivity contribution in [3.63, 3.8) is 0 Å². The Balaban J connectivity index is 2.20. The minimum Gasteiger partial charge on any atom is -0.396 e. The predicted octanol–water partition coefficient (Wildman–Crippen LogP) is 2.06. The van der Waals surface area contributed by atoms with E-state index in [4.69, 9.17) is 0 Å². The van der Waals surface area contributed by atoms with E-state index in [0.29, 0.717) is 11.1 Å². The molecule has 3 nitrogen and oxygen atoms in total. The maximum absolute atomic E-state index is 10.3. The van der Waals surface area contributed by atoms with Gasteiger partial charge in [0.15, 0.2) is 0 Å². The van der Waals surface area contributed by atoms with E-state index in [1.54, 1.807) is 24.3 Å². The summed E-state index contributed by atoms with van der Waals surface area (Å²) >= 11 is 0. The third kappa shape index (κ3) is 3.20. The minimum atomic E-state index is -0.901. The molecule has 0 aromatic heterocycles. The molecule has 0 saturated heterocycles. The second kappa shape index (κ2) is 6.48. The maximum atomic E-state index is 10.3. The molecule has 2 aromatic carbocycles. The molecule has 0 saturated carbocycles. The van der Waals surface area contributed by atoms with Crippen molar-refractivity contribution in [1.82, 2.24) is 0 Å². The van der Waals surface area contributed by atoms with Crippen LogP contribution in [-0.2, 0) is 0 Å². The fourth-order valence-corrected chi connectivity index (χ4v) is 2.17. The summed E-state index contributed by atoms with van der Waals surface area (Å²) in [5, 5.41) is 30.1. The zero-order chi connectivity index (χ0) is 13.7. The average molecular weight is 258 g/mol. The van der Waals surface area contributed by atoms with Crippen LogP contribution in [0.4, 0.5) is 0 Å². The average Bonchev–Trinajstić information content (AvgIpc) is 2.49. The van der Waals surface area contributed by atoms with Gasteiger partial charge in [-0.2, -0.15) is 0 Å². The van der Waals surface area contributed by atoms with Crippen LogP contribution in [0.25, 0.3) is 0 Å². The Bertz CT molecular complexity index is 438. The van der Waals surface area contributed by atoms with Crippen molar-refractivity contribution in [2.24, 2.45) is 5.92 Å². The first-order valence-corrected chi connectivity index (χ1v) is 6.31. The molecule has 0 unspecified atom stereocenters. The van der Waals surface area contributed by atoms with Crippen LogP contribution in [0.15, 0.2) is 60.7 Å². The van der Waals surface area contributed by atoms with E-state index in [1.165, 1.54) is 0 Å². The number of rotatable bonds is 5. The van der Waals surface area contributed by atoms with Gasteiger partial charge in [-0.3, -0.25) is 0 Å². The minimum absolute atomic E-state index is 0.286. The lowest BCUT2D eigenvalue weighted by Crippen LogP contribution is -2.24. The Hall–Kier alpha value is -1.68. The molecule has 0 fully saturated rings. The molecule has 19 heavy (non-hydrogen) atoms. The highest BCUT2D eigenvalue weighted by molar-refractivity contribution is 5.22. The number of aliphatic hydroxyl groups is 3. The van der Waals surface area contributed by atoms with E-state index < -0.39 is 18.1 Å². The molecular formula is C16H18O3. The second-order valence-electron chi connectivity index (χ2n) is 4.56. The van der Waals surface area contributed by atoms with Gasteiger partial charge >= 0.3 is 0 Å². The van der Waals surface area contributed by atoms with Gasteiger partial charge in [0.2, 0.25) is 0 Å². The van der Waals surface area contributed by atoms with Gasteiger partial charge < -0.3 is 15.3 Å². The van der Waals surface area contributed by atoms with Crippen LogP contribution in [-0.4, -0.2) is 21.9 Å². The van der Waals surface area contributed by atoms with Gasteiger partial charge in [0.1, 0.15) is 0 Å². The van der Waals surface area contributed by atoms with Crippen LogP contribution in [0.5, 0.6) is 0 Å². The van der Waals surface area contributed by atoms with E-state index in [1.807, 2.05) is 36.4 Å². The summed E-state index contributed by atoms with van der Waals surface area (Å²) < 4.78 is 0. The fourth-order valence-electron chi connectivity index (χ4n) is 2.17. The fraction of sp³-hybridized carbons (Fsp3) is 0.250. The zero-order valence-electron chi connectivity index (χ0n) is 10.6. The standard InChI is InChI=1S/C16H18O3/c17-11-14(15(18)12-7-3-1-4-8-12)16(19)13-9-5-2-6-10-13/h1-10,14-19H,11H2/t15-,16-/m0/s1. The normalized spacial score (nSPS) is 14.3. The summed E-state index contributed by atoms with van der Waals surface area (Å²) in [5.74, 6) is -0.648. The van der Waals surface area contributed by atoms with E-state index in [-0.39, 0.29) is 6.61 Å². The molecule has 0 aliphatic rings. The third-order valence-corrected chi connectivity index (χ3v) is 3.30. The first kappa shape index (κ1) is 13.7. The third-order valence-electron chi connectivity index (χ3n) is 3.30. The molecule has 100 valence electrons. The SMILES string of the molecule is OCC([C@@H](O)c1ccccc1)[C@@H](O)c1ccccc1.